The molecule has 0 aliphatic heterocycles. The average Bonchev–Trinajstić information content (AvgIpc) is 2.25. The number of rotatable bonds is 4. The molecule has 1 aromatic rings. The number of amides is 1. The smallest absolute Gasteiger partial charge is 0.220 e. The van der Waals surface area contributed by atoms with Crippen LogP contribution in [0.2, 0.25) is 0 Å². The average molecular weight is 281 g/mol. The minimum atomic E-state index is -0.180. The number of aryl methyl sites for hydroxylation is 2. The number of thioether (sulfide) groups is 1. The van der Waals surface area contributed by atoms with Crippen molar-refractivity contribution in [2.45, 2.75) is 58.2 Å². The van der Waals surface area contributed by atoms with Gasteiger partial charge >= 0.3 is 0 Å². The van der Waals surface area contributed by atoms with Gasteiger partial charge in [-0.1, -0.05) is 11.8 Å². The second kappa shape index (κ2) is 6.37. The molecule has 1 heterocycles. The summed E-state index contributed by atoms with van der Waals surface area (Å²) in [5.41, 5.74) is 2.85. The van der Waals surface area contributed by atoms with Crippen LogP contribution in [0.1, 0.15) is 44.1 Å². The van der Waals surface area contributed by atoms with Crippen LogP contribution in [0.25, 0.3) is 0 Å². The van der Waals surface area contributed by atoms with Crippen molar-refractivity contribution in [3.63, 3.8) is 0 Å². The zero-order valence-corrected chi connectivity index (χ0v) is 13.4. The highest BCUT2D eigenvalue weighted by atomic mass is 32.2. The van der Waals surface area contributed by atoms with Crippen LogP contribution in [0, 0.1) is 13.8 Å². The fraction of sp³-hybridized carbons (Fsp3) is 0.643. The minimum absolute atomic E-state index is 0.0697. The Bertz CT molecular complexity index is 443. The van der Waals surface area contributed by atoms with E-state index in [0.29, 0.717) is 12.8 Å². The molecule has 0 fully saturated rings. The summed E-state index contributed by atoms with van der Waals surface area (Å²) in [5, 5.41) is 3.76. The van der Waals surface area contributed by atoms with E-state index < -0.39 is 0 Å². The molecule has 0 spiro atoms. The van der Waals surface area contributed by atoms with Crippen LogP contribution in [0.4, 0.5) is 0 Å². The molecule has 0 aliphatic rings. The largest absolute Gasteiger partial charge is 0.351 e. The van der Waals surface area contributed by atoms with Crippen LogP contribution in [0.3, 0.4) is 0 Å². The molecule has 0 aliphatic carbocycles. The lowest BCUT2D eigenvalue weighted by Crippen LogP contribution is -2.40. The lowest BCUT2D eigenvalue weighted by Gasteiger charge is -2.20. The van der Waals surface area contributed by atoms with Crippen molar-refractivity contribution in [1.82, 2.24) is 15.3 Å². The molecule has 0 bridgehead atoms. The summed E-state index contributed by atoms with van der Waals surface area (Å²) in [6, 6.07) is 0. The van der Waals surface area contributed by atoms with Crippen molar-refractivity contribution in [1.29, 1.82) is 0 Å². The molecule has 0 unspecified atom stereocenters. The Kier molecular flexibility index (Phi) is 5.35. The molecule has 0 saturated carbocycles. The Hall–Kier alpha value is -1.10. The van der Waals surface area contributed by atoms with E-state index in [-0.39, 0.29) is 11.4 Å². The zero-order chi connectivity index (χ0) is 14.6. The van der Waals surface area contributed by atoms with Gasteiger partial charge in [0.05, 0.1) is 0 Å². The van der Waals surface area contributed by atoms with Gasteiger partial charge in [0.1, 0.15) is 0 Å². The Morgan fingerprint density at radius 3 is 2.16 bits per heavy atom. The quantitative estimate of drug-likeness (QED) is 0.681. The molecule has 4 nitrogen and oxygen atoms in total. The lowest BCUT2D eigenvalue weighted by molar-refractivity contribution is -0.122. The van der Waals surface area contributed by atoms with Crippen molar-refractivity contribution in [3.05, 3.63) is 17.0 Å². The fourth-order valence-electron chi connectivity index (χ4n) is 1.88. The maximum atomic E-state index is 11.8. The molecule has 106 valence electrons. The van der Waals surface area contributed by atoms with Gasteiger partial charge < -0.3 is 5.32 Å². The molecule has 1 rings (SSSR count). The summed E-state index contributed by atoms with van der Waals surface area (Å²) in [6.45, 7) is 9.91. The van der Waals surface area contributed by atoms with Gasteiger partial charge in [0, 0.05) is 23.3 Å². The van der Waals surface area contributed by atoms with Crippen molar-refractivity contribution in [3.8, 4) is 0 Å². The third-order valence-electron chi connectivity index (χ3n) is 2.70. The maximum Gasteiger partial charge on any atom is 0.220 e. The van der Waals surface area contributed by atoms with Gasteiger partial charge in [0.2, 0.25) is 5.91 Å². The van der Waals surface area contributed by atoms with E-state index in [2.05, 4.69) is 15.3 Å². The van der Waals surface area contributed by atoms with Gasteiger partial charge in [-0.15, -0.1) is 0 Å². The fourth-order valence-corrected chi connectivity index (χ4v) is 2.34. The first-order chi connectivity index (χ1) is 8.73. The van der Waals surface area contributed by atoms with E-state index in [4.69, 9.17) is 0 Å². The molecule has 1 N–H and O–H groups in total. The number of carbonyl (C=O) groups excluding carboxylic acids is 1. The van der Waals surface area contributed by atoms with Crippen LogP contribution in [0.15, 0.2) is 5.16 Å². The number of nitrogens with one attached hydrogen (secondary N) is 1. The molecule has 0 atom stereocenters. The highest BCUT2D eigenvalue weighted by Crippen LogP contribution is 2.17. The summed E-state index contributed by atoms with van der Waals surface area (Å²) >= 11 is 1.54. The second-order valence-electron chi connectivity index (χ2n) is 5.66. The molecular weight excluding hydrogens is 258 g/mol. The predicted octanol–water partition coefficient (Wildman–Crippen LogP) is 2.66. The number of aromatic nitrogens is 2. The Labute approximate surface area is 119 Å². The minimum Gasteiger partial charge on any atom is -0.351 e. The van der Waals surface area contributed by atoms with Gasteiger partial charge in [-0.3, -0.25) is 4.79 Å². The monoisotopic (exact) mass is 281 g/mol. The van der Waals surface area contributed by atoms with Crippen molar-refractivity contribution in [2.75, 3.05) is 6.26 Å². The van der Waals surface area contributed by atoms with Crippen LogP contribution in [0.5, 0.6) is 0 Å². The predicted molar refractivity (Wildman–Crippen MR) is 79.5 cm³/mol. The van der Waals surface area contributed by atoms with Crippen molar-refractivity contribution < 1.29 is 4.79 Å². The first kappa shape index (κ1) is 16.0. The summed E-state index contributed by atoms with van der Waals surface area (Å²) in [5.74, 6) is 0.0697. The molecule has 0 radical (unpaired) electrons. The Morgan fingerprint density at radius 1 is 1.21 bits per heavy atom. The molecule has 1 amide bonds. The third-order valence-corrected chi connectivity index (χ3v) is 3.25. The Balaban J connectivity index is 2.71. The lowest BCUT2D eigenvalue weighted by atomic mass is 10.0. The standard InChI is InChI=1S/C14H23N3OS/c1-9-11(10(2)16-13(15-9)19-6)7-8-12(18)17-14(3,4)5/h7-8H2,1-6H3,(H,17,18). The van der Waals surface area contributed by atoms with E-state index in [1.165, 1.54) is 11.8 Å². The molecule has 1 aromatic heterocycles. The SMILES string of the molecule is CSc1nc(C)c(CCC(=O)NC(C)(C)C)c(C)n1. The normalized spacial score (nSPS) is 11.5. The second-order valence-corrected chi connectivity index (χ2v) is 6.43. The number of carbonyl (C=O) groups is 1. The van der Waals surface area contributed by atoms with Crippen LogP contribution in [-0.2, 0) is 11.2 Å². The maximum absolute atomic E-state index is 11.8. The first-order valence-corrected chi connectivity index (χ1v) is 7.64. The summed E-state index contributed by atoms with van der Waals surface area (Å²) in [6.07, 6.45) is 3.12. The van der Waals surface area contributed by atoms with Crippen molar-refractivity contribution >= 4 is 17.7 Å². The molecule has 0 saturated heterocycles. The zero-order valence-electron chi connectivity index (χ0n) is 12.6. The number of hydrogen-bond donors (Lipinski definition) is 1. The van der Waals surface area contributed by atoms with Gasteiger partial charge in [0.15, 0.2) is 5.16 Å². The summed E-state index contributed by atoms with van der Waals surface area (Å²) in [7, 11) is 0. The van der Waals surface area contributed by atoms with E-state index in [1.54, 1.807) is 0 Å². The number of nitrogens with zero attached hydrogens (tertiary/aromatic N) is 2. The van der Waals surface area contributed by atoms with Crippen molar-refractivity contribution in [2.24, 2.45) is 0 Å². The highest BCUT2D eigenvalue weighted by molar-refractivity contribution is 7.98. The molecule has 19 heavy (non-hydrogen) atoms. The van der Waals surface area contributed by atoms with Crippen LogP contribution >= 0.6 is 11.8 Å². The number of hydrogen-bond acceptors (Lipinski definition) is 4. The van der Waals surface area contributed by atoms with Gasteiger partial charge in [0.25, 0.3) is 0 Å². The molecule has 0 aromatic carbocycles. The summed E-state index contributed by atoms with van der Waals surface area (Å²) < 4.78 is 0. The topological polar surface area (TPSA) is 54.9 Å². The molecular formula is C14H23N3OS. The van der Waals surface area contributed by atoms with E-state index in [1.807, 2.05) is 40.9 Å². The van der Waals surface area contributed by atoms with Gasteiger partial charge in [-0.05, 0) is 52.9 Å². The highest BCUT2D eigenvalue weighted by Gasteiger charge is 2.15. The van der Waals surface area contributed by atoms with Gasteiger partial charge in [-0.2, -0.15) is 0 Å². The van der Waals surface area contributed by atoms with Gasteiger partial charge in [-0.25, -0.2) is 9.97 Å². The first-order valence-electron chi connectivity index (χ1n) is 6.42. The summed E-state index contributed by atoms with van der Waals surface area (Å²) in [4.78, 5) is 20.7. The molecule has 5 heteroatoms. The third kappa shape index (κ3) is 5.19. The van der Waals surface area contributed by atoms with Crippen LogP contribution < -0.4 is 5.32 Å². The van der Waals surface area contributed by atoms with Crippen LogP contribution in [-0.4, -0.2) is 27.7 Å². The van der Waals surface area contributed by atoms with E-state index in [0.717, 1.165) is 22.1 Å². The van der Waals surface area contributed by atoms with E-state index >= 15 is 0 Å². The Morgan fingerprint density at radius 2 is 1.74 bits per heavy atom. The van der Waals surface area contributed by atoms with E-state index in [9.17, 15) is 4.79 Å².